The van der Waals surface area contributed by atoms with Crippen molar-refractivity contribution in [3.63, 3.8) is 0 Å². The maximum Gasteiger partial charge on any atom is 0.251 e. The molecule has 2 unspecified atom stereocenters. The molecule has 1 aliphatic heterocycles. The average Bonchev–Trinajstić information content (AvgIpc) is 2.86. The highest BCUT2D eigenvalue weighted by atomic mass is 32.1. The maximum atomic E-state index is 12.2. The lowest BCUT2D eigenvalue weighted by Gasteiger charge is -2.17. The van der Waals surface area contributed by atoms with Crippen LogP contribution in [0.2, 0.25) is 0 Å². The van der Waals surface area contributed by atoms with Crippen molar-refractivity contribution in [3.05, 3.63) is 29.3 Å². The lowest BCUT2D eigenvalue weighted by atomic mass is 9.99. The molecule has 1 amide bonds. The number of carbonyl (C=O) groups excluding carboxylic acids is 1. The molecular weight excluding hydrogens is 258 g/mol. The van der Waals surface area contributed by atoms with Crippen LogP contribution in [0.5, 0.6) is 0 Å². The number of rotatable bonds is 4. The highest BCUT2D eigenvalue weighted by molar-refractivity contribution is 7.80. The fraction of sp³-hybridized carbons (Fsp3) is 0.533. The molecular formula is C15H21NO2S. The van der Waals surface area contributed by atoms with Crippen molar-refractivity contribution in [3.8, 4) is 0 Å². The van der Waals surface area contributed by atoms with Gasteiger partial charge < -0.3 is 10.1 Å². The van der Waals surface area contributed by atoms with E-state index in [1.54, 1.807) is 0 Å². The van der Waals surface area contributed by atoms with Crippen LogP contribution in [0.1, 0.15) is 35.7 Å². The van der Waals surface area contributed by atoms with E-state index in [-0.39, 0.29) is 12.0 Å². The van der Waals surface area contributed by atoms with E-state index in [1.165, 1.54) is 0 Å². The summed E-state index contributed by atoms with van der Waals surface area (Å²) in [6, 6.07) is 5.63. The summed E-state index contributed by atoms with van der Waals surface area (Å²) in [4.78, 5) is 13.0. The van der Waals surface area contributed by atoms with Gasteiger partial charge in [-0.15, -0.1) is 12.6 Å². The molecule has 19 heavy (non-hydrogen) atoms. The van der Waals surface area contributed by atoms with Gasteiger partial charge in [0, 0.05) is 29.5 Å². The number of hydrogen-bond donors (Lipinski definition) is 2. The molecule has 1 N–H and O–H groups in total. The van der Waals surface area contributed by atoms with Gasteiger partial charge in [0.1, 0.15) is 0 Å². The van der Waals surface area contributed by atoms with Gasteiger partial charge in [-0.25, -0.2) is 0 Å². The predicted octanol–water partition coefficient (Wildman–Crippen LogP) is 2.83. The Kier molecular flexibility index (Phi) is 4.88. The second-order valence-corrected chi connectivity index (χ2v) is 5.59. The van der Waals surface area contributed by atoms with E-state index < -0.39 is 0 Å². The molecule has 2 atom stereocenters. The maximum absolute atomic E-state index is 12.2. The first-order valence-electron chi connectivity index (χ1n) is 6.81. The summed E-state index contributed by atoms with van der Waals surface area (Å²) < 4.78 is 5.63. The zero-order valence-electron chi connectivity index (χ0n) is 11.5. The minimum absolute atomic E-state index is 0.0184. The van der Waals surface area contributed by atoms with Gasteiger partial charge in [0.05, 0.1) is 6.10 Å². The minimum Gasteiger partial charge on any atom is -0.378 e. The highest BCUT2D eigenvalue weighted by Gasteiger charge is 2.27. The van der Waals surface area contributed by atoms with Crippen molar-refractivity contribution in [2.45, 2.75) is 37.7 Å². The molecule has 0 bridgehead atoms. The van der Waals surface area contributed by atoms with Crippen molar-refractivity contribution in [2.75, 3.05) is 13.2 Å². The Morgan fingerprint density at radius 2 is 2.32 bits per heavy atom. The number of thiol groups is 1. The Hall–Kier alpha value is -1.00. The van der Waals surface area contributed by atoms with Crippen LogP contribution in [0.4, 0.5) is 0 Å². The molecule has 1 aromatic carbocycles. The zero-order chi connectivity index (χ0) is 13.8. The quantitative estimate of drug-likeness (QED) is 0.832. The third kappa shape index (κ3) is 3.51. The first kappa shape index (κ1) is 14.4. The van der Waals surface area contributed by atoms with Crippen molar-refractivity contribution in [1.82, 2.24) is 5.32 Å². The molecule has 0 radical (unpaired) electrons. The van der Waals surface area contributed by atoms with E-state index >= 15 is 0 Å². The van der Waals surface area contributed by atoms with Gasteiger partial charge in [0.2, 0.25) is 0 Å². The van der Waals surface area contributed by atoms with Crippen molar-refractivity contribution < 1.29 is 9.53 Å². The van der Waals surface area contributed by atoms with Gasteiger partial charge in [0.25, 0.3) is 5.91 Å². The Bertz CT molecular complexity index is 461. The predicted molar refractivity (Wildman–Crippen MR) is 78.9 cm³/mol. The average molecular weight is 279 g/mol. The fourth-order valence-electron chi connectivity index (χ4n) is 2.55. The normalized spacial score (nSPS) is 22.5. The second-order valence-electron chi connectivity index (χ2n) is 5.08. The van der Waals surface area contributed by atoms with Crippen LogP contribution >= 0.6 is 12.6 Å². The molecule has 1 heterocycles. The van der Waals surface area contributed by atoms with Gasteiger partial charge in [-0.3, -0.25) is 4.79 Å². The Morgan fingerprint density at radius 1 is 1.53 bits per heavy atom. The molecule has 2 rings (SSSR count). The van der Waals surface area contributed by atoms with Crippen LogP contribution in [0.3, 0.4) is 0 Å². The highest BCUT2D eigenvalue weighted by Crippen LogP contribution is 2.22. The Balaban J connectivity index is 1.96. The lowest BCUT2D eigenvalue weighted by molar-refractivity contribution is 0.0826. The van der Waals surface area contributed by atoms with Crippen LogP contribution in [0, 0.1) is 12.8 Å². The lowest BCUT2D eigenvalue weighted by Crippen LogP contribution is -2.33. The third-order valence-corrected chi connectivity index (χ3v) is 4.02. The van der Waals surface area contributed by atoms with E-state index in [2.05, 4.69) is 24.9 Å². The van der Waals surface area contributed by atoms with Crippen LogP contribution in [0.15, 0.2) is 23.1 Å². The number of carbonyl (C=O) groups is 1. The Labute approximate surface area is 120 Å². The van der Waals surface area contributed by atoms with E-state index in [0.717, 1.165) is 29.9 Å². The van der Waals surface area contributed by atoms with Gasteiger partial charge >= 0.3 is 0 Å². The number of hydrogen-bond acceptors (Lipinski definition) is 3. The topological polar surface area (TPSA) is 38.3 Å². The van der Waals surface area contributed by atoms with Crippen LogP contribution in [-0.2, 0) is 4.74 Å². The summed E-state index contributed by atoms with van der Waals surface area (Å²) in [5, 5.41) is 3.02. The molecule has 3 nitrogen and oxygen atoms in total. The summed E-state index contributed by atoms with van der Waals surface area (Å²) in [6.07, 6.45) is 2.33. The number of nitrogens with one attached hydrogen (secondary N) is 1. The minimum atomic E-state index is -0.0184. The third-order valence-electron chi connectivity index (χ3n) is 3.74. The molecule has 0 saturated carbocycles. The molecule has 1 saturated heterocycles. The Morgan fingerprint density at radius 3 is 3.05 bits per heavy atom. The largest absolute Gasteiger partial charge is 0.378 e. The molecule has 4 heteroatoms. The molecule has 1 aromatic rings. The first-order chi connectivity index (χ1) is 9.11. The number of benzene rings is 1. The molecule has 104 valence electrons. The van der Waals surface area contributed by atoms with Crippen LogP contribution < -0.4 is 5.32 Å². The molecule has 0 aliphatic carbocycles. The molecule has 1 fully saturated rings. The van der Waals surface area contributed by atoms with Crippen LogP contribution in [-0.4, -0.2) is 25.2 Å². The summed E-state index contributed by atoms with van der Waals surface area (Å²) >= 11 is 4.28. The first-order valence-corrected chi connectivity index (χ1v) is 7.26. The summed E-state index contributed by atoms with van der Waals surface area (Å²) in [5.74, 6) is 0.420. The molecule has 1 aliphatic rings. The summed E-state index contributed by atoms with van der Waals surface area (Å²) in [6.45, 7) is 5.56. The summed E-state index contributed by atoms with van der Waals surface area (Å²) in [5.41, 5.74) is 1.68. The zero-order valence-corrected chi connectivity index (χ0v) is 12.4. The second kappa shape index (κ2) is 6.44. The van der Waals surface area contributed by atoms with Gasteiger partial charge in [-0.05, 0) is 37.5 Å². The van der Waals surface area contributed by atoms with Gasteiger partial charge in [-0.2, -0.15) is 0 Å². The summed E-state index contributed by atoms with van der Waals surface area (Å²) in [7, 11) is 0. The van der Waals surface area contributed by atoms with Gasteiger partial charge in [0.15, 0.2) is 0 Å². The number of amides is 1. The smallest absolute Gasteiger partial charge is 0.251 e. The standard InChI is InChI=1S/C15H21NO2S/c1-3-14-11(6-7-18-14)9-16-15(17)13-8-12(19)5-4-10(13)2/h4-5,8,11,14,19H,3,6-7,9H2,1-2H3,(H,16,17). The van der Waals surface area contributed by atoms with Gasteiger partial charge in [-0.1, -0.05) is 13.0 Å². The van der Waals surface area contributed by atoms with E-state index in [9.17, 15) is 4.79 Å². The number of ether oxygens (including phenoxy) is 1. The van der Waals surface area contributed by atoms with Crippen molar-refractivity contribution >= 4 is 18.5 Å². The number of aryl methyl sites for hydroxylation is 1. The van der Waals surface area contributed by atoms with E-state index in [1.807, 2.05) is 25.1 Å². The molecule has 0 aromatic heterocycles. The molecule has 0 spiro atoms. The van der Waals surface area contributed by atoms with E-state index in [0.29, 0.717) is 18.0 Å². The fourth-order valence-corrected chi connectivity index (χ4v) is 2.75. The van der Waals surface area contributed by atoms with Crippen LogP contribution in [0.25, 0.3) is 0 Å². The van der Waals surface area contributed by atoms with Crippen molar-refractivity contribution in [1.29, 1.82) is 0 Å². The van der Waals surface area contributed by atoms with E-state index in [4.69, 9.17) is 4.74 Å². The SMILES string of the molecule is CCC1OCCC1CNC(=O)c1cc(S)ccc1C. The monoisotopic (exact) mass is 279 g/mol. The van der Waals surface area contributed by atoms with Crippen molar-refractivity contribution in [2.24, 2.45) is 5.92 Å².